The predicted molar refractivity (Wildman–Crippen MR) is 62.4 cm³/mol. The molecule has 0 aliphatic heterocycles. The van der Waals surface area contributed by atoms with Gasteiger partial charge in [0.2, 0.25) is 0 Å². The molecule has 1 aromatic rings. The maximum atomic E-state index is 9.18. The highest BCUT2D eigenvalue weighted by Gasteiger charge is 2.25. The highest BCUT2D eigenvalue weighted by atomic mass is 35.5. The summed E-state index contributed by atoms with van der Waals surface area (Å²) in [7, 11) is 0. The van der Waals surface area contributed by atoms with E-state index in [1.165, 1.54) is 0 Å². The largest absolute Gasteiger partial charge is 0.396 e. The summed E-state index contributed by atoms with van der Waals surface area (Å²) in [5.74, 6) is 0. The molecule has 0 amide bonds. The zero-order valence-corrected chi connectivity index (χ0v) is 10.0. The van der Waals surface area contributed by atoms with Crippen molar-refractivity contribution in [3.63, 3.8) is 0 Å². The Morgan fingerprint density at radius 3 is 2.00 bits per heavy atom. The zero-order valence-electron chi connectivity index (χ0n) is 8.50. The minimum atomic E-state index is -0.589. The van der Waals surface area contributed by atoms with Crippen LogP contribution in [0.15, 0.2) is 18.2 Å². The molecule has 1 rings (SSSR count). The van der Waals surface area contributed by atoms with Crippen LogP contribution in [-0.4, -0.2) is 23.4 Å². The molecule has 0 aliphatic rings. The summed E-state index contributed by atoms with van der Waals surface area (Å²) in [6, 6.07) is 5.26. The van der Waals surface area contributed by atoms with Gasteiger partial charge in [-0.15, -0.1) is 0 Å². The van der Waals surface area contributed by atoms with Crippen molar-refractivity contribution in [2.24, 2.45) is 5.41 Å². The number of aliphatic hydroxyl groups excluding tert-OH is 2. The second-order valence-corrected chi connectivity index (χ2v) is 4.82. The Bertz CT molecular complexity index is 315. The Balaban J connectivity index is 2.98. The first-order valence-electron chi connectivity index (χ1n) is 4.67. The zero-order chi connectivity index (χ0) is 11.5. The normalized spacial score (nSPS) is 11.8. The van der Waals surface area contributed by atoms with E-state index in [0.29, 0.717) is 16.5 Å². The van der Waals surface area contributed by atoms with E-state index in [9.17, 15) is 10.2 Å². The van der Waals surface area contributed by atoms with Crippen molar-refractivity contribution in [2.45, 2.75) is 13.3 Å². The minimum absolute atomic E-state index is 0.106. The van der Waals surface area contributed by atoms with Crippen LogP contribution < -0.4 is 0 Å². The summed E-state index contributed by atoms with van der Waals surface area (Å²) in [5, 5.41) is 19.5. The first-order chi connectivity index (χ1) is 7.02. The summed E-state index contributed by atoms with van der Waals surface area (Å²) in [6.07, 6.45) is 0.457. The topological polar surface area (TPSA) is 40.5 Å². The fourth-order valence-electron chi connectivity index (χ4n) is 1.29. The molecular formula is C11H14Cl2O2. The molecule has 0 atom stereocenters. The lowest BCUT2D eigenvalue weighted by molar-refractivity contribution is 0.0704. The number of hydrogen-bond donors (Lipinski definition) is 2. The van der Waals surface area contributed by atoms with E-state index in [0.717, 1.165) is 5.56 Å². The fourth-order valence-corrected chi connectivity index (χ4v) is 1.82. The minimum Gasteiger partial charge on any atom is -0.396 e. The van der Waals surface area contributed by atoms with Gasteiger partial charge in [-0.05, 0) is 24.1 Å². The maximum Gasteiger partial charge on any atom is 0.0509 e. The molecule has 0 fully saturated rings. The van der Waals surface area contributed by atoms with Crippen molar-refractivity contribution < 1.29 is 10.2 Å². The van der Waals surface area contributed by atoms with Crippen molar-refractivity contribution >= 4 is 23.2 Å². The van der Waals surface area contributed by atoms with Crippen molar-refractivity contribution in [3.8, 4) is 0 Å². The summed E-state index contributed by atoms with van der Waals surface area (Å²) in [4.78, 5) is 0. The molecule has 0 unspecified atom stereocenters. The molecule has 2 N–H and O–H groups in total. The van der Waals surface area contributed by atoms with Gasteiger partial charge < -0.3 is 10.2 Å². The van der Waals surface area contributed by atoms with Gasteiger partial charge in [0.05, 0.1) is 13.2 Å². The summed E-state index contributed by atoms with van der Waals surface area (Å²) in [5.41, 5.74) is 0.181. The molecule has 0 saturated heterocycles. The van der Waals surface area contributed by atoms with Crippen LogP contribution in [0.4, 0.5) is 0 Å². The second kappa shape index (κ2) is 5.17. The fraction of sp³-hybridized carbons (Fsp3) is 0.455. The number of rotatable bonds is 4. The Kier molecular flexibility index (Phi) is 4.41. The lowest BCUT2D eigenvalue weighted by Gasteiger charge is -2.25. The average Bonchev–Trinajstić information content (AvgIpc) is 2.23. The molecule has 0 aliphatic carbocycles. The molecule has 84 valence electrons. The third-order valence-electron chi connectivity index (χ3n) is 2.43. The molecule has 0 saturated carbocycles. The average molecular weight is 249 g/mol. The number of halogens is 2. The van der Waals surface area contributed by atoms with Gasteiger partial charge in [-0.1, -0.05) is 36.2 Å². The highest BCUT2D eigenvalue weighted by molar-refractivity contribution is 6.35. The van der Waals surface area contributed by atoms with E-state index in [4.69, 9.17) is 23.2 Å². The Labute approximate surface area is 99.5 Å². The van der Waals surface area contributed by atoms with Gasteiger partial charge in [-0.25, -0.2) is 0 Å². The lowest BCUT2D eigenvalue weighted by Crippen LogP contribution is -2.28. The van der Waals surface area contributed by atoms with Gasteiger partial charge >= 0.3 is 0 Å². The molecule has 0 heterocycles. The molecule has 2 nitrogen and oxygen atoms in total. The second-order valence-electron chi connectivity index (χ2n) is 4.00. The molecule has 0 spiro atoms. The lowest BCUT2D eigenvalue weighted by atomic mass is 9.85. The highest BCUT2D eigenvalue weighted by Crippen LogP contribution is 2.31. The van der Waals surface area contributed by atoms with E-state index in [1.54, 1.807) is 25.1 Å². The summed E-state index contributed by atoms with van der Waals surface area (Å²) >= 11 is 12.0. The van der Waals surface area contributed by atoms with E-state index in [-0.39, 0.29) is 13.2 Å². The molecule has 0 radical (unpaired) electrons. The van der Waals surface area contributed by atoms with Gasteiger partial charge in [0, 0.05) is 15.5 Å². The van der Waals surface area contributed by atoms with Gasteiger partial charge in [0.1, 0.15) is 0 Å². The molecule has 15 heavy (non-hydrogen) atoms. The Morgan fingerprint density at radius 1 is 1.13 bits per heavy atom. The third kappa shape index (κ3) is 3.08. The van der Waals surface area contributed by atoms with E-state index >= 15 is 0 Å². The number of aliphatic hydroxyl groups is 2. The van der Waals surface area contributed by atoms with Crippen molar-refractivity contribution in [3.05, 3.63) is 33.8 Å². The Hall–Kier alpha value is -0.280. The molecule has 0 aromatic heterocycles. The van der Waals surface area contributed by atoms with E-state index in [2.05, 4.69) is 0 Å². The van der Waals surface area contributed by atoms with Gasteiger partial charge in [0.25, 0.3) is 0 Å². The van der Waals surface area contributed by atoms with Crippen LogP contribution in [-0.2, 0) is 6.42 Å². The third-order valence-corrected chi connectivity index (χ3v) is 3.14. The number of hydrogen-bond acceptors (Lipinski definition) is 2. The predicted octanol–water partition coefficient (Wildman–Crippen LogP) is 2.53. The SMILES string of the molecule is CC(CO)(CO)Cc1c(Cl)cccc1Cl. The number of benzene rings is 1. The smallest absolute Gasteiger partial charge is 0.0509 e. The monoisotopic (exact) mass is 248 g/mol. The first kappa shape index (κ1) is 12.8. The quantitative estimate of drug-likeness (QED) is 0.860. The van der Waals surface area contributed by atoms with Gasteiger partial charge in [-0.3, -0.25) is 0 Å². The molecule has 0 bridgehead atoms. The van der Waals surface area contributed by atoms with Crippen LogP contribution in [0.2, 0.25) is 10.0 Å². The van der Waals surface area contributed by atoms with Crippen LogP contribution in [0, 0.1) is 5.41 Å². The van der Waals surface area contributed by atoms with Gasteiger partial charge in [0.15, 0.2) is 0 Å². The van der Waals surface area contributed by atoms with E-state index in [1.807, 2.05) is 0 Å². The first-order valence-corrected chi connectivity index (χ1v) is 5.42. The van der Waals surface area contributed by atoms with Crippen molar-refractivity contribution in [1.82, 2.24) is 0 Å². The van der Waals surface area contributed by atoms with Crippen LogP contribution in [0.25, 0.3) is 0 Å². The van der Waals surface area contributed by atoms with Gasteiger partial charge in [-0.2, -0.15) is 0 Å². The summed E-state index contributed by atoms with van der Waals surface area (Å²) < 4.78 is 0. The molecular weight excluding hydrogens is 235 g/mol. The maximum absolute atomic E-state index is 9.18. The van der Waals surface area contributed by atoms with E-state index < -0.39 is 5.41 Å². The standard InChI is InChI=1S/C11H14Cl2O2/c1-11(6-14,7-15)5-8-9(12)3-2-4-10(8)13/h2-4,14-15H,5-7H2,1H3. The summed E-state index contributed by atoms with van der Waals surface area (Å²) in [6.45, 7) is 1.57. The van der Waals surface area contributed by atoms with Crippen molar-refractivity contribution in [1.29, 1.82) is 0 Å². The Morgan fingerprint density at radius 2 is 1.60 bits per heavy atom. The molecule has 4 heteroatoms. The van der Waals surface area contributed by atoms with Crippen LogP contribution in [0.3, 0.4) is 0 Å². The van der Waals surface area contributed by atoms with Crippen LogP contribution in [0.5, 0.6) is 0 Å². The van der Waals surface area contributed by atoms with Crippen molar-refractivity contribution in [2.75, 3.05) is 13.2 Å². The van der Waals surface area contributed by atoms with Crippen LogP contribution >= 0.6 is 23.2 Å². The molecule has 1 aromatic carbocycles. The van der Waals surface area contributed by atoms with Crippen LogP contribution in [0.1, 0.15) is 12.5 Å².